The number of fused-ring (bicyclic) bond motifs is 1. The van der Waals surface area contributed by atoms with Gasteiger partial charge in [-0.15, -0.1) is 0 Å². The predicted octanol–water partition coefficient (Wildman–Crippen LogP) is 5.41. The summed E-state index contributed by atoms with van der Waals surface area (Å²) in [5.41, 5.74) is 1.43. The fourth-order valence-corrected chi connectivity index (χ4v) is 3.22. The lowest BCUT2D eigenvalue weighted by Gasteiger charge is -2.07. The molecule has 4 aromatic rings. The van der Waals surface area contributed by atoms with E-state index in [1.54, 1.807) is 24.3 Å². The third-order valence-electron chi connectivity index (χ3n) is 3.31. The Morgan fingerprint density at radius 1 is 1.04 bits per heavy atom. The molecule has 0 saturated carbocycles. The smallest absolute Gasteiger partial charge is 0.257 e. The van der Waals surface area contributed by atoms with Crippen LogP contribution in [0.2, 0.25) is 5.15 Å². The van der Waals surface area contributed by atoms with Crippen molar-refractivity contribution in [3.8, 4) is 11.6 Å². The van der Waals surface area contributed by atoms with E-state index in [4.69, 9.17) is 16.3 Å². The number of aromatic nitrogens is 3. The summed E-state index contributed by atoms with van der Waals surface area (Å²) in [6.07, 6.45) is 2.99. The van der Waals surface area contributed by atoms with Gasteiger partial charge in [0, 0.05) is 18.1 Å². The molecule has 0 aliphatic heterocycles. The molecule has 0 fully saturated rings. The van der Waals surface area contributed by atoms with E-state index < -0.39 is 0 Å². The molecular formula is C17H10ClFN4OS. The Labute approximate surface area is 151 Å². The topological polar surface area (TPSA) is 59.9 Å². The largest absolute Gasteiger partial charge is 0.436 e. The zero-order valence-corrected chi connectivity index (χ0v) is 14.2. The molecule has 1 N–H and O–H groups in total. The minimum absolute atomic E-state index is 0.196. The van der Waals surface area contributed by atoms with Gasteiger partial charge < -0.3 is 10.1 Å². The second kappa shape index (κ2) is 6.62. The molecule has 0 amide bonds. The Bertz CT molecular complexity index is 1040. The Balaban J connectivity index is 1.52. The summed E-state index contributed by atoms with van der Waals surface area (Å²) in [6.45, 7) is 0. The van der Waals surface area contributed by atoms with Gasteiger partial charge in [-0.25, -0.2) is 19.3 Å². The van der Waals surface area contributed by atoms with E-state index in [0.29, 0.717) is 21.1 Å². The molecular weight excluding hydrogens is 363 g/mol. The summed E-state index contributed by atoms with van der Waals surface area (Å²) in [6, 6.07) is 12.0. The van der Waals surface area contributed by atoms with Crippen LogP contribution in [0.4, 0.5) is 15.2 Å². The summed E-state index contributed by atoms with van der Waals surface area (Å²) < 4.78 is 19.8. The second-order valence-electron chi connectivity index (χ2n) is 5.01. The van der Waals surface area contributed by atoms with Crippen LogP contribution in [0.1, 0.15) is 0 Å². The van der Waals surface area contributed by atoms with Gasteiger partial charge in [0.25, 0.3) is 5.88 Å². The van der Waals surface area contributed by atoms with E-state index in [1.807, 2.05) is 12.1 Å². The molecule has 0 unspecified atom stereocenters. The third kappa shape index (κ3) is 3.38. The summed E-state index contributed by atoms with van der Waals surface area (Å²) in [4.78, 5) is 12.3. The molecule has 0 saturated heterocycles. The number of ether oxygens (including phenoxy) is 1. The van der Waals surface area contributed by atoms with Crippen LogP contribution in [0.5, 0.6) is 11.6 Å². The molecule has 0 aliphatic carbocycles. The highest BCUT2D eigenvalue weighted by Crippen LogP contribution is 2.31. The quantitative estimate of drug-likeness (QED) is 0.518. The Morgan fingerprint density at radius 3 is 2.60 bits per heavy atom. The van der Waals surface area contributed by atoms with Crippen LogP contribution in [0, 0.1) is 5.82 Å². The average molecular weight is 373 g/mol. The first-order chi connectivity index (χ1) is 12.2. The van der Waals surface area contributed by atoms with Gasteiger partial charge in [-0.05, 0) is 36.4 Å². The minimum atomic E-state index is -0.271. The van der Waals surface area contributed by atoms with Crippen molar-refractivity contribution >= 4 is 44.0 Å². The third-order valence-corrected chi connectivity index (χ3v) is 4.56. The maximum absolute atomic E-state index is 13.7. The second-order valence-corrected chi connectivity index (χ2v) is 6.37. The number of rotatable bonds is 4. The molecule has 8 heteroatoms. The van der Waals surface area contributed by atoms with Crippen molar-refractivity contribution < 1.29 is 9.13 Å². The minimum Gasteiger partial charge on any atom is -0.436 e. The number of hydrogen-bond donors (Lipinski definition) is 1. The number of nitrogens with one attached hydrogen (secondary N) is 1. The highest BCUT2D eigenvalue weighted by molar-refractivity contribution is 7.22. The van der Waals surface area contributed by atoms with Gasteiger partial charge >= 0.3 is 0 Å². The fourth-order valence-electron chi connectivity index (χ4n) is 2.19. The van der Waals surface area contributed by atoms with Crippen LogP contribution in [0.3, 0.4) is 0 Å². The molecule has 2 aromatic heterocycles. The monoisotopic (exact) mass is 372 g/mol. The highest BCUT2D eigenvalue weighted by Gasteiger charge is 2.09. The average Bonchev–Trinajstić information content (AvgIpc) is 3.03. The Kier molecular flexibility index (Phi) is 4.17. The van der Waals surface area contributed by atoms with Crippen LogP contribution in [-0.2, 0) is 0 Å². The number of hydrogen-bond acceptors (Lipinski definition) is 6. The van der Waals surface area contributed by atoms with Crippen molar-refractivity contribution in [1.29, 1.82) is 0 Å². The molecule has 0 bridgehead atoms. The molecule has 0 aliphatic rings. The standard InChI is InChI=1S/C17H10ClFN4OS/c18-15-16(21-9-8-20-15)24-11-6-4-10(5-7-11)22-17-23-13-3-1-2-12(19)14(13)25-17/h1-9H,(H,22,23). The lowest BCUT2D eigenvalue weighted by molar-refractivity contribution is 0.460. The number of thiazole rings is 1. The van der Waals surface area contributed by atoms with Crippen LogP contribution in [0.15, 0.2) is 54.9 Å². The SMILES string of the molecule is Fc1cccc2nc(Nc3ccc(Oc4nccnc4Cl)cc3)sc12. The molecule has 5 nitrogen and oxygen atoms in total. The lowest BCUT2D eigenvalue weighted by atomic mass is 10.3. The van der Waals surface area contributed by atoms with Crippen molar-refractivity contribution in [3.05, 3.63) is 65.8 Å². The van der Waals surface area contributed by atoms with Gasteiger partial charge in [0.1, 0.15) is 11.6 Å². The number of anilines is 2. The number of benzene rings is 2. The summed E-state index contributed by atoms with van der Waals surface area (Å²) >= 11 is 7.18. The van der Waals surface area contributed by atoms with Crippen molar-refractivity contribution in [2.45, 2.75) is 0 Å². The number of halogens is 2. The van der Waals surface area contributed by atoms with Crippen LogP contribution >= 0.6 is 22.9 Å². The molecule has 2 heterocycles. The zero-order chi connectivity index (χ0) is 17.2. The summed E-state index contributed by atoms with van der Waals surface area (Å²) in [5.74, 6) is 0.544. The first-order valence-corrected chi connectivity index (χ1v) is 8.45. The van der Waals surface area contributed by atoms with Crippen molar-refractivity contribution in [1.82, 2.24) is 15.0 Å². The van der Waals surface area contributed by atoms with Gasteiger partial charge in [0.05, 0.1) is 10.2 Å². The fraction of sp³-hybridized carbons (Fsp3) is 0. The van der Waals surface area contributed by atoms with Crippen molar-refractivity contribution in [2.75, 3.05) is 5.32 Å². The number of nitrogens with zero attached hydrogens (tertiary/aromatic N) is 3. The summed E-state index contributed by atoms with van der Waals surface area (Å²) in [7, 11) is 0. The van der Waals surface area contributed by atoms with Gasteiger partial charge in [-0.1, -0.05) is 29.0 Å². The van der Waals surface area contributed by atoms with E-state index in [9.17, 15) is 4.39 Å². The molecule has 0 radical (unpaired) electrons. The highest BCUT2D eigenvalue weighted by atomic mass is 35.5. The molecule has 0 spiro atoms. The van der Waals surface area contributed by atoms with Crippen molar-refractivity contribution in [3.63, 3.8) is 0 Å². The van der Waals surface area contributed by atoms with Gasteiger partial charge in [0.2, 0.25) is 0 Å². The molecule has 25 heavy (non-hydrogen) atoms. The normalized spacial score (nSPS) is 10.8. The first kappa shape index (κ1) is 15.7. The van der Waals surface area contributed by atoms with Gasteiger partial charge in [-0.2, -0.15) is 0 Å². The van der Waals surface area contributed by atoms with Crippen LogP contribution < -0.4 is 10.1 Å². The molecule has 2 aromatic carbocycles. The van der Waals surface area contributed by atoms with Gasteiger partial charge in [0.15, 0.2) is 10.3 Å². The van der Waals surface area contributed by atoms with E-state index in [1.165, 1.54) is 29.8 Å². The van der Waals surface area contributed by atoms with Crippen LogP contribution in [0.25, 0.3) is 10.2 Å². The first-order valence-electron chi connectivity index (χ1n) is 7.25. The predicted molar refractivity (Wildman–Crippen MR) is 96.4 cm³/mol. The lowest BCUT2D eigenvalue weighted by Crippen LogP contribution is -1.92. The van der Waals surface area contributed by atoms with E-state index >= 15 is 0 Å². The van der Waals surface area contributed by atoms with Gasteiger partial charge in [-0.3, -0.25) is 0 Å². The van der Waals surface area contributed by atoms with E-state index in [-0.39, 0.29) is 16.9 Å². The molecule has 4 rings (SSSR count). The van der Waals surface area contributed by atoms with E-state index in [0.717, 1.165) is 5.69 Å². The van der Waals surface area contributed by atoms with Crippen molar-refractivity contribution in [2.24, 2.45) is 0 Å². The maximum atomic E-state index is 13.7. The van der Waals surface area contributed by atoms with Crippen LogP contribution in [-0.4, -0.2) is 15.0 Å². The summed E-state index contributed by atoms with van der Waals surface area (Å²) in [5, 5.41) is 3.97. The molecule has 124 valence electrons. The zero-order valence-electron chi connectivity index (χ0n) is 12.6. The Morgan fingerprint density at radius 2 is 1.84 bits per heavy atom. The van der Waals surface area contributed by atoms with E-state index in [2.05, 4.69) is 20.3 Å². The molecule has 0 atom stereocenters. The maximum Gasteiger partial charge on any atom is 0.257 e. The Hall–Kier alpha value is -2.77.